The van der Waals surface area contributed by atoms with Crippen LogP contribution >= 0.6 is 0 Å². The first-order valence-corrected chi connectivity index (χ1v) is 11.9. The first-order chi connectivity index (χ1) is 17.6. The Morgan fingerprint density at radius 3 is 2.94 bits per heavy atom. The molecular weight excluding hydrogens is 461 g/mol. The van der Waals surface area contributed by atoms with Gasteiger partial charge in [0.2, 0.25) is 5.91 Å². The van der Waals surface area contributed by atoms with Gasteiger partial charge in [0.25, 0.3) is 5.91 Å². The van der Waals surface area contributed by atoms with Crippen LogP contribution in [-0.2, 0) is 11.3 Å². The second-order valence-corrected chi connectivity index (χ2v) is 8.98. The summed E-state index contributed by atoms with van der Waals surface area (Å²) < 4.78 is 15.9. The monoisotopic (exact) mass is 485 g/mol. The van der Waals surface area contributed by atoms with Crippen LogP contribution < -0.4 is 5.32 Å². The Bertz CT molecular complexity index is 1580. The van der Waals surface area contributed by atoms with Gasteiger partial charge in [0.15, 0.2) is 5.82 Å². The molecule has 4 heterocycles. The van der Waals surface area contributed by atoms with E-state index in [2.05, 4.69) is 25.5 Å². The zero-order chi connectivity index (χ0) is 24.6. The van der Waals surface area contributed by atoms with Gasteiger partial charge in [-0.05, 0) is 49.6 Å². The lowest BCUT2D eigenvalue weighted by Gasteiger charge is -2.35. The fourth-order valence-corrected chi connectivity index (χ4v) is 5.02. The van der Waals surface area contributed by atoms with E-state index >= 15 is 0 Å². The number of aromatic amines is 2. The maximum absolute atomic E-state index is 14.1. The molecule has 0 spiro atoms. The number of rotatable bonds is 5. The molecule has 3 N–H and O–H groups in total. The number of imidazole rings is 1. The number of halogens is 1. The average Bonchev–Trinajstić information content (AvgIpc) is 3.64. The Labute approximate surface area is 205 Å². The van der Waals surface area contributed by atoms with Crippen LogP contribution in [0.1, 0.15) is 41.4 Å². The Balaban J connectivity index is 1.20. The predicted octanol–water partition coefficient (Wildman–Crippen LogP) is 4.39. The normalized spacial score (nSPS) is 16.0. The molecule has 6 rings (SSSR count). The van der Waals surface area contributed by atoms with Crippen molar-refractivity contribution in [3.05, 3.63) is 78.1 Å². The zero-order valence-corrected chi connectivity index (χ0v) is 19.4. The van der Waals surface area contributed by atoms with Crippen molar-refractivity contribution in [3.63, 3.8) is 0 Å². The van der Waals surface area contributed by atoms with Gasteiger partial charge in [0.05, 0.1) is 34.7 Å². The summed E-state index contributed by atoms with van der Waals surface area (Å²) in [5, 5.41) is 10.6. The SMILES string of the molecule is O=C(Nc1cc(C2CCCCN2C(=O)Cn2ccc3c(F)cccc32)[nH]n1)c1cccc2[nH]cnc12. The van der Waals surface area contributed by atoms with Gasteiger partial charge in [-0.1, -0.05) is 12.1 Å². The highest BCUT2D eigenvalue weighted by Crippen LogP contribution is 2.31. The van der Waals surface area contributed by atoms with Gasteiger partial charge in [-0.2, -0.15) is 5.10 Å². The Hall–Kier alpha value is -4.47. The third-order valence-corrected chi connectivity index (χ3v) is 6.78. The van der Waals surface area contributed by atoms with Gasteiger partial charge in [-0.25, -0.2) is 9.37 Å². The molecule has 182 valence electrons. The van der Waals surface area contributed by atoms with Crippen molar-refractivity contribution in [2.75, 3.05) is 11.9 Å². The fourth-order valence-electron chi connectivity index (χ4n) is 5.02. The molecule has 1 atom stereocenters. The molecule has 1 aliphatic heterocycles. The number of carbonyl (C=O) groups excluding carboxylic acids is 2. The predicted molar refractivity (Wildman–Crippen MR) is 133 cm³/mol. The van der Waals surface area contributed by atoms with Crippen molar-refractivity contribution in [2.24, 2.45) is 0 Å². The second-order valence-electron chi connectivity index (χ2n) is 8.98. The highest BCUT2D eigenvalue weighted by atomic mass is 19.1. The van der Waals surface area contributed by atoms with Gasteiger partial charge >= 0.3 is 0 Å². The summed E-state index contributed by atoms with van der Waals surface area (Å²) in [7, 11) is 0. The molecule has 0 radical (unpaired) electrons. The largest absolute Gasteiger partial charge is 0.345 e. The molecule has 1 aliphatic rings. The smallest absolute Gasteiger partial charge is 0.259 e. The van der Waals surface area contributed by atoms with E-state index in [1.54, 1.807) is 47.4 Å². The molecular formula is C26H24FN7O2. The van der Waals surface area contributed by atoms with Crippen molar-refractivity contribution in [3.8, 4) is 0 Å². The Morgan fingerprint density at radius 2 is 2.03 bits per heavy atom. The minimum Gasteiger partial charge on any atom is -0.345 e. The Kier molecular flexibility index (Phi) is 5.48. The number of H-pyrrole nitrogens is 2. The summed E-state index contributed by atoms with van der Waals surface area (Å²) in [5.41, 5.74) is 3.27. The standard InChI is InChI=1S/C26H24FN7O2/c27-18-6-4-9-21-16(18)10-12-33(21)14-24(35)34-11-2-1-8-22(34)20-13-23(32-31-20)30-26(36)17-5-3-7-19-25(17)29-15-28-19/h3-7,9-10,12-13,15,22H,1-2,8,11,14H2,(H,28,29)(H2,30,31,32,36). The molecule has 1 saturated heterocycles. The zero-order valence-electron chi connectivity index (χ0n) is 19.4. The van der Waals surface area contributed by atoms with Crippen LogP contribution in [0.3, 0.4) is 0 Å². The number of aromatic nitrogens is 5. The third kappa shape index (κ3) is 3.90. The van der Waals surface area contributed by atoms with Crippen LogP contribution in [0.25, 0.3) is 21.9 Å². The maximum atomic E-state index is 14.1. The van der Waals surface area contributed by atoms with Crippen LogP contribution in [0.2, 0.25) is 0 Å². The van der Waals surface area contributed by atoms with Crippen molar-refractivity contribution >= 4 is 39.6 Å². The highest BCUT2D eigenvalue weighted by Gasteiger charge is 2.30. The van der Waals surface area contributed by atoms with E-state index < -0.39 is 0 Å². The minimum atomic E-state index is -0.311. The summed E-state index contributed by atoms with van der Waals surface area (Å²) in [6, 6.07) is 13.5. The number of anilines is 1. The first-order valence-electron chi connectivity index (χ1n) is 11.9. The van der Waals surface area contributed by atoms with E-state index in [-0.39, 0.29) is 30.2 Å². The number of para-hydroxylation sites is 1. The highest BCUT2D eigenvalue weighted by molar-refractivity contribution is 6.11. The second kappa shape index (κ2) is 8.95. The van der Waals surface area contributed by atoms with Crippen molar-refractivity contribution < 1.29 is 14.0 Å². The van der Waals surface area contributed by atoms with Crippen LogP contribution in [-0.4, -0.2) is 48.0 Å². The van der Waals surface area contributed by atoms with Crippen molar-refractivity contribution in [1.29, 1.82) is 0 Å². The number of benzene rings is 2. The van der Waals surface area contributed by atoms with Crippen LogP contribution in [0.5, 0.6) is 0 Å². The summed E-state index contributed by atoms with van der Waals surface area (Å²) in [6.45, 7) is 0.744. The van der Waals surface area contributed by atoms with E-state index in [4.69, 9.17) is 0 Å². The first kappa shape index (κ1) is 22.0. The Morgan fingerprint density at radius 1 is 1.14 bits per heavy atom. The van der Waals surface area contributed by atoms with E-state index in [0.29, 0.717) is 34.3 Å². The lowest BCUT2D eigenvalue weighted by molar-refractivity contribution is -0.135. The number of piperidine rings is 1. The van der Waals surface area contributed by atoms with Crippen molar-refractivity contribution in [1.82, 2.24) is 29.6 Å². The summed E-state index contributed by atoms with van der Waals surface area (Å²) in [4.78, 5) is 35.3. The van der Waals surface area contributed by atoms with Crippen LogP contribution in [0.15, 0.2) is 61.1 Å². The lowest BCUT2D eigenvalue weighted by atomic mass is 9.99. The van der Waals surface area contributed by atoms with Gasteiger partial charge in [0.1, 0.15) is 17.9 Å². The molecule has 1 unspecified atom stereocenters. The van der Waals surface area contributed by atoms with E-state index in [9.17, 15) is 14.0 Å². The van der Waals surface area contributed by atoms with E-state index in [1.807, 2.05) is 17.0 Å². The third-order valence-electron chi connectivity index (χ3n) is 6.78. The molecule has 1 fully saturated rings. The topological polar surface area (TPSA) is 112 Å². The molecule has 2 aromatic carbocycles. The number of nitrogens with zero attached hydrogens (tertiary/aromatic N) is 4. The minimum absolute atomic E-state index is 0.0492. The molecule has 5 aromatic rings. The number of fused-ring (bicyclic) bond motifs is 2. The number of carbonyl (C=O) groups is 2. The quantitative estimate of drug-likeness (QED) is 0.343. The molecule has 0 bridgehead atoms. The summed E-state index contributed by atoms with van der Waals surface area (Å²) in [5.74, 6) is -0.279. The molecule has 2 amide bonds. The molecule has 3 aromatic heterocycles. The maximum Gasteiger partial charge on any atom is 0.259 e. The number of amides is 2. The van der Waals surface area contributed by atoms with Crippen LogP contribution in [0, 0.1) is 5.82 Å². The van der Waals surface area contributed by atoms with Gasteiger partial charge < -0.3 is 19.8 Å². The van der Waals surface area contributed by atoms with E-state index in [0.717, 1.165) is 30.5 Å². The number of hydrogen-bond acceptors (Lipinski definition) is 4. The van der Waals surface area contributed by atoms with E-state index in [1.165, 1.54) is 6.07 Å². The van der Waals surface area contributed by atoms with Gasteiger partial charge in [0, 0.05) is 24.2 Å². The number of hydrogen-bond donors (Lipinski definition) is 3. The average molecular weight is 486 g/mol. The summed E-state index contributed by atoms with van der Waals surface area (Å²) >= 11 is 0. The molecule has 36 heavy (non-hydrogen) atoms. The molecule has 9 nitrogen and oxygen atoms in total. The van der Waals surface area contributed by atoms with Crippen molar-refractivity contribution in [2.45, 2.75) is 31.8 Å². The van der Waals surface area contributed by atoms with Gasteiger partial charge in [-0.15, -0.1) is 0 Å². The molecule has 10 heteroatoms. The number of likely N-dealkylation sites (tertiary alicyclic amines) is 1. The van der Waals surface area contributed by atoms with Gasteiger partial charge in [-0.3, -0.25) is 14.7 Å². The molecule has 0 saturated carbocycles. The summed E-state index contributed by atoms with van der Waals surface area (Å²) in [6.07, 6.45) is 5.97. The van der Waals surface area contributed by atoms with Crippen LogP contribution in [0.4, 0.5) is 10.2 Å². The molecule has 0 aliphatic carbocycles. The fraction of sp³-hybridized carbons (Fsp3) is 0.231. The lowest BCUT2D eigenvalue weighted by Crippen LogP contribution is -2.40. The number of nitrogens with one attached hydrogen (secondary N) is 3.